The van der Waals surface area contributed by atoms with Gasteiger partial charge in [0.15, 0.2) is 0 Å². The van der Waals surface area contributed by atoms with Crippen LogP contribution in [-0.2, 0) is 0 Å². The summed E-state index contributed by atoms with van der Waals surface area (Å²) in [6.45, 7) is 0. The molecule has 4 aromatic rings. The van der Waals surface area contributed by atoms with Crippen molar-refractivity contribution in [3.63, 3.8) is 0 Å². The number of phenols is 1. The van der Waals surface area contributed by atoms with E-state index in [9.17, 15) is 14.7 Å². The summed E-state index contributed by atoms with van der Waals surface area (Å²) in [5.41, 5.74) is 0.880. The highest BCUT2D eigenvalue weighted by Gasteiger charge is 2.20. The molecule has 0 fully saturated rings. The van der Waals surface area contributed by atoms with Crippen LogP contribution in [-0.4, -0.2) is 16.9 Å². The van der Waals surface area contributed by atoms with E-state index < -0.39 is 11.8 Å². The molecule has 8 heteroatoms. The Morgan fingerprint density at radius 3 is 2.33 bits per heavy atom. The maximum atomic E-state index is 12.9. The van der Waals surface area contributed by atoms with Crippen LogP contribution in [0.3, 0.4) is 0 Å². The van der Waals surface area contributed by atoms with Gasteiger partial charge in [0.2, 0.25) is 0 Å². The molecule has 3 aromatic carbocycles. The average Bonchev–Trinajstić information content (AvgIpc) is 3.08. The van der Waals surface area contributed by atoms with Crippen molar-refractivity contribution >= 4 is 67.8 Å². The summed E-state index contributed by atoms with van der Waals surface area (Å²) in [5, 5.41) is 17.0. The molecule has 0 radical (unpaired) electrons. The lowest BCUT2D eigenvalue weighted by Gasteiger charge is -2.12. The van der Waals surface area contributed by atoms with E-state index in [-0.39, 0.29) is 17.0 Å². The number of nitrogens with one attached hydrogen (secondary N) is 2. The van der Waals surface area contributed by atoms with Crippen LogP contribution in [0.5, 0.6) is 5.75 Å². The lowest BCUT2D eigenvalue weighted by Crippen LogP contribution is -2.18. The molecule has 1 aromatic heterocycles. The van der Waals surface area contributed by atoms with Crippen molar-refractivity contribution in [3.8, 4) is 5.75 Å². The Labute approximate surface area is 185 Å². The van der Waals surface area contributed by atoms with Crippen molar-refractivity contribution in [2.24, 2.45) is 0 Å². The number of hydrogen-bond donors (Lipinski definition) is 3. The molecule has 0 bridgehead atoms. The van der Waals surface area contributed by atoms with Gasteiger partial charge in [-0.05, 0) is 48.5 Å². The van der Waals surface area contributed by atoms with Gasteiger partial charge in [0.1, 0.15) is 10.6 Å². The van der Waals surface area contributed by atoms with Crippen molar-refractivity contribution in [2.45, 2.75) is 0 Å². The minimum absolute atomic E-state index is 0.103. The maximum Gasteiger partial charge on any atom is 0.267 e. The summed E-state index contributed by atoms with van der Waals surface area (Å²) in [4.78, 5) is 26.0. The van der Waals surface area contributed by atoms with E-state index in [1.54, 1.807) is 24.3 Å². The predicted molar refractivity (Wildman–Crippen MR) is 122 cm³/mol. The van der Waals surface area contributed by atoms with Crippen LogP contribution in [0.15, 0.2) is 66.7 Å². The molecule has 2 amide bonds. The topological polar surface area (TPSA) is 78.4 Å². The fourth-order valence-corrected chi connectivity index (χ4v) is 4.44. The van der Waals surface area contributed by atoms with E-state index in [0.717, 1.165) is 10.1 Å². The standard InChI is InChI=1S/C22H14Cl2N2O3S/c23-12-5-7-13(8-6-12)25-21(28)16-11-14(27)9-10-17(16)26-22(29)20-19(24)15-3-1-2-4-18(15)30-20/h1-11,27H,(H,25,28)(H,26,29). The van der Waals surface area contributed by atoms with Gasteiger partial charge in [-0.3, -0.25) is 9.59 Å². The number of phenolic OH excluding ortho intramolecular Hbond substituents is 1. The first-order valence-corrected chi connectivity index (χ1v) is 10.4. The molecule has 0 aliphatic rings. The first-order valence-electron chi connectivity index (χ1n) is 8.80. The SMILES string of the molecule is O=C(Nc1ccc(Cl)cc1)c1cc(O)ccc1NC(=O)c1sc2ccccc2c1Cl. The summed E-state index contributed by atoms with van der Waals surface area (Å²) in [6, 6.07) is 18.2. The molecular weight excluding hydrogens is 443 g/mol. The third-order valence-electron chi connectivity index (χ3n) is 4.34. The van der Waals surface area contributed by atoms with E-state index in [2.05, 4.69) is 10.6 Å². The molecule has 0 saturated heterocycles. The molecule has 0 aliphatic carbocycles. The highest BCUT2D eigenvalue weighted by molar-refractivity contribution is 7.21. The van der Waals surface area contributed by atoms with Gasteiger partial charge in [0.25, 0.3) is 11.8 Å². The van der Waals surface area contributed by atoms with E-state index in [0.29, 0.717) is 20.6 Å². The highest BCUT2D eigenvalue weighted by atomic mass is 35.5. The normalized spacial score (nSPS) is 10.7. The number of carbonyl (C=O) groups is 2. The van der Waals surface area contributed by atoms with E-state index >= 15 is 0 Å². The minimum Gasteiger partial charge on any atom is -0.508 e. The van der Waals surface area contributed by atoms with Crippen molar-refractivity contribution in [2.75, 3.05) is 10.6 Å². The monoisotopic (exact) mass is 456 g/mol. The fourth-order valence-electron chi connectivity index (χ4n) is 2.90. The number of halogens is 2. The van der Waals surface area contributed by atoms with Crippen LogP contribution in [0.1, 0.15) is 20.0 Å². The minimum atomic E-state index is -0.494. The van der Waals surface area contributed by atoms with Gasteiger partial charge >= 0.3 is 0 Å². The predicted octanol–water partition coefficient (Wildman–Crippen LogP) is 6.42. The molecule has 150 valence electrons. The first kappa shape index (κ1) is 20.2. The van der Waals surface area contributed by atoms with Crippen LogP contribution >= 0.6 is 34.5 Å². The Kier molecular flexibility index (Phi) is 5.63. The third-order valence-corrected chi connectivity index (χ3v) is 6.27. The average molecular weight is 457 g/mol. The second-order valence-corrected chi connectivity index (χ2v) is 8.25. The number of anilines is 2. The van der Waals surface area contributed by atoms with Gasteiger partial charge in [0, 0.05) is 20.8 Å². The zero-order valence-corrected chi connectivity index (χ0v) is 17.6. The molecule has 3 N–H and O–H groups in total. The van der Waals surface area contributed by atoms with Crippen LogP contribution in [0.25, 0.3) is 10.1 Å². The molecule has 30 heavy (non-hydrogen) atoms. The lowest BCUT2D eigenvalue weighted by atomic mass is 10.1. The van der Waals surface area contributed by atoms with Crippen molar-refractivity contribution in [1.82, 2.24) is 0 Å². The second-order valence-electron chi connectivity index (χ2n) is 6.39. The lowest BCUT2D eigenvalue weighted by molar-refractivity contribution is 0.102. The third kappa shape index (κ3) is 4.11. The number of hydrogen-bond acceptors (Lipinski definition) is 4. The van der Waals surface area contributed by atoms with Crippen molar-refractivity contribution in [1.29, 1.82) is 0 Å². The zero-order valence-electron chi connectivity index (χ0n) is 15.3. The number of rotatable bonds is 4. The van der Waals surface area contributed by atoms with E-state index in [1.807, 2.05) is 24.3 Å². The largest absolute Gasteiger partial charge is 0.508 e. The molecular formula is C22H14Cl2N2O3S. The summed E-state index contributed by atoms with van der Waals surface area (Å²) < 4.78 is 0.888. The fraction of sp³-hybridized carbons (Fsp3) is 0. The number of aromatic hydroxyl groups is 1. The Hall–Kier alpha value is -3.06. The number of amides is 2. The second kappa shape index (κ2) is 8.36. The maximum absolute atomic E-state index is 12.9. The number of benzene rings is 3. The number of carbonyl (C=O) groups excluding carboxylic acids is 2. The summed E-state index contributed by atoms with van der Waals surface area (Å²) in [6.07, 6.45) is 0. The Bertz CT molecular complexity index is 1270. The Morgan fingerprint density at radius 1 is 0.867 bits per heavy atom. The molecule has 0 spiro atoms. The summed E-state index contributed by atoms with van der Waals surface area (Å²) in [7, 11) is 0. The highest BCUT2D eigenvalue weighted by Crippen LogP contribution is 2.36. The molecule has 5 nitrogen and oxygen atoms in total. The van der Waals surface area contributed by atoms with Gasteiger partial charge < -0.3 is 15.7 Å². The first-order chi connectivity index (χ1) is 14.4. The molecule has 0 atom stereocenters. The van der Waals surface area contributed by atoms with Crippen LogP contribution < -0.4 is 10.6 Å². The van der Waals surface area contributed by atoms with Gasteiger partial charge in [-0.1, -0.05) is 41.4 Å². The molecule has 0 unspecified atom stereocenters. The summed E-state index contributed by atoms with van der Waals surface area (Å²) in [5.74, 6) is -1.03. The van der Waals surface area contributed by atoms with E-state index in [4.69, 9.17) is 23.2 Å². The van der Waals surface area contributed by atoms with Crippen LogP contribution in [0, 0.1) is 0 Å². The number of thiophene rings is 1. The van der Waals surface area contributed by atoms with Crippen LogP contribution in [0.2, 0.25) is 10.0 Å². The smallest absolute Gasteiger partial charge is 0.267 e. The molecule has 0 aliphatic heterocycles. The van der Waals surface area contributed by atoms with Crippen molar-refractivity contribution in [3.05, 3.63) is 87.2 Å². The summed E-state index contributed by atoms with van der Waals surface area (Å²) >= 11 is 13.5. The number of fused-ring (bicyclic) bond motifs is 1. The van der Waals surface area contributed by atoms with E-state index in [1.165, 1.54) is 29.5 Å². The molecule has 1 heterocycles. The van der Waals surface area contributed by atoms with Gasteiger partial charge in [0.05, 0.1) is 16.3 Å². The zero-order chi connectivity index (χ0) is 21.3. The van der Waals surface area contributed by atoms with Gasteiger partial charge in [-0.15, -0.1) is 11.3 Å². The van der Waals surface area contributed by atoms with Crippen molar-refractivity contribution < 1.29 is 14.7 Å². The Balaban J connectivity index is 1.62. The quantitative estimate of drug-likeness (QED) is 0.310. The van der Waals surface area contributed by atoms with Crippen LogP contribution in [0.4, 0.5) is 11.4 Å². The molecule has 0 saturated carbocycles. The van der Waals surface area contributed by atoms with Gasteiger partial charge in [-0.25, -0.2) is 0 Å². The molecule has 4 rings (SSSR count). The van der Waals surface area contributed by atoms with Gasteiger partial charge in [-0.2, -0.15) is 0 Å². The Morgan fingerprint density at radius 2 is 1.60 bits per heavy atom.